The van der Waals surface area contributed by atoms with Crippen LogP contribution in [0.4, 0.5) is 0 Å². The van der Waals surface area contributed by atoms with Crippen molar-refractivity contribution < 1.29 is 9.84 Å². The highest BCUT2D eigenvalue weighted by Gasteiger charge is 1.89. The van der Waals surface area contributed by atoms with Gasteiger partial charge >= 0.3 is 0 Å². The molecule has 0 aromatic rings. The first-order valence-corrected chi connectivity index (χ1v) is 2.63. The number of aliphatic hydroxyl groups excluding tert-OH is 1. The van der Waals surface area contributed by atoms with Crippen molar-refractivity contribution in [3.63, 3.8) is 0 Å². The Morgan fingerprint density at radius 2 is 2.43 bits per heavy atom. The Morgan fingerprint density at radius 3 is 2.57 bits per heavy atom. The number of rotatable bonds is 3. The van der Waals surface area contributed by atoms with Crippen LogP contribution in [0.1, 0.15) is 6.92 Å². The van der Waals surface area contributed by atoms with E-state index >= 15 is 0 Å². The molecule has 7 heavy (non-hydrogen) atoms. The molecule has 43 valence electrons. The molecule has 1 unspecified atom stereocenters. The van der Waals surface area contributed by atoms with Gasteiger partial charge < -0.3 is 9.84 Å². The lowest BCUT2D eigenvalue weighted by atomic mass is 10.7. The summed E-state index contributed by atoms with van der Waals surface area (Å²) in [6.45, 7) is 2.16. The van der Waals surface area contributed by atoms with E-state index in [1.54, 1.807) is 6.92 Å². The zero-order chi connectivity index (χ0) is 5.70. The van der Waals surface area contributed by atoms with E-state index in [2.05, 4.69) is 12.6 Å². The van der Waals surface area contributed by atoms with Crippen LogP contribution in [0.25, 0.3) is 0 Å². The first-order valence-electron chi connectivity index (χ1n) is 2.15. The van der Waals surface area contributed by atoms with Crippen molar-refractivity contribution in [1.82, 2.24) is 0 Å². The summed E-state index contributed by atoms with van der Waals surface area (Å²) in [5.41, 5.74) is -0.174. The van der Waals surface area contributed by atoms with Crippen LogP contribution in [0.3, 0.4) is 0 Å². The molecular formula is C4H9O2S. The molecule has 2 nitrogen and oxygen atoms in total. The molecule has 1 atom stereocenters. The largest absolute Gasteiger partial charge is 0.394 e. The van der Waals surface area contributed by atoms with Gasteiger partial charge in [0.2, 0.25) is 0 Å². The zero-order valence-electron chi connectivity index (χ0n) is 4.26. The van der Waals surface area contributed by atoms with E-state index in [9.17, 15) is 0 Å². The van der Waals surface area contributed by atoms with E-state index in [1.807, 2.05) is 0 Å². The van der Waals surface area contributed by atoms with E-state index in [1.165, 1.54) is 0 Å². The quantitative estimate of drug-likeness (QED) is 0.590. The molecule has 0 saturated heterocycles. The minimum atomic E-state index is -0.174. The molecule has 0 saturated carbocycles. The van der Waals surface area contributed by atoms with Gasteiger partial charge in [0.25, 0.3) is 0 Å². The molecule has 0 aromatic heterocycles. The molecule has 0 amide bonds. The van der Waals surface area contributed by atoms with Gasteiger partial charge in [0.1, 0.15) is 5.44 Å². The van der Waals surface area contributed by atoms with Crippen molar-refractivity contribution in [3.05, 3.63) is 0 Å². The van der Waals surface area contributed by atoms with Gasteiger partial charge in [0.15, 0.2) is 0 Å². The number of ether oxygens (including phenoxy) is 1. The van der Waals surface area contributed by atoms with Crippen molar-refractivity contribution >= 4 is 12.6 Å². The van der Waals surface area contributed by atoms with E-state index in [0.717, 1.165) is 0 Å². The van der Waals surface area contributed by atoms with Crippen LogP contribution < -0.4 is 0 Å². The van der Waals surface area contributed by atoms with Crippen molar-refractivity contribution in [1.29, 1.82) is 0 Å². The van der Waals surface area contributed by atoms with Crippen molar-refractivity contribution in [2.45, 2.75) is 12.4 Å². The third kappa shape index (κ3) is 6.27. The minimum Gasteiger partial charge on any atom is -0.394 e. The molecule has 1 radical (unpaired) electrons. The van der Waals surface area contributed by atoms with E-state index < -0.39 is 0 Å². The smallest absolute Gasteiger partial charge is 0.110 e. The van der Waals surface area contributed by atoms with Gasteiger partial charge in [-0.05, 0) is 6.92 Å². The fourth-order valence-electron chi connectivity index (χ4n) is 0.219. The average molecular weight is 121 g/mol. The summed E-state index contributed by atoms with van der Waals surface area (Å²) >= 11 is 4.61. The van der Waals surface area contributed by atoms with Crippen LogP contribution in [0.15, 0.2) is 0 Å². The van der Waals surface area contributed by atoms with Gasteiger partial charge in [-0.3, -0.25) is 0 Å². The van der Waals surface area contributed by atoms with E-state index in [-0.39, 0.29) is 12.0 Å². The summed E-state index contributed by atoms with van der Waals surface area (Å²) in [4.78, 5) is 0. The second-order valence-electron chi connectivity index (χ2n) is 1.16. The lowest BCUT2D eigenvalue weighted by molar-refractivity contribution is 0.0852. The fourth-order valence-corrected chi connectivity index (χ4v) is 0.315. The highest BCUT2D eigenvalue weighted by atomic mass is 32.1. The van der Waals surface area contributed by atoms with E-state index in [0.29, 0.717) is 6.61 Å². The second kappa shape index (κ2) is 4.43. The molecule has 0 fully saturated rings. The van der Waals surface area contributed by atoms with Gasteiger partial charge in [-0.15, -0.1) is 0 Å². The Bertz CT molecular complexity index is 38.7. The molecule has 0 aromatic carbocycles. The number of aliphatic hydroxyl groups is 1. The summed E-state index contributed by atoms with van der Waals surface area (Å²) in [5.74, 6) is 0. The summed E-state index contributed by atoms with van der Waals surface area (Å²) in [5, 5.41) is 8.14. The van der Waals surface area contributed by atoms with Gasteiger partial charge in [-0.2, -0.15) is 0 Å². The zero-order valence-corrected chi connectivity index (χ0v) is 5.07. The van der Waals surface area contributed by atoms with E-state index in [4.69, 9.17) is 9.84 Å². The average Bonchev–Trinajstić information content (AvgIpc) is 1.61. The third-order valence-corrected chi connectivity index (χ3v) is 0.580. The van der Waals surface area contributed by atoms with Gasteiger partial charge in [-0.25, -0.2) is 0 Å². The molecule has 0 aliphatic carbocycles. The maximum Gasteiger partial charge on any atom is 0.110 e. The first kappa shape index (κ1) is 7.27. The fraction of sp³-hybridized carbons (Fsp3) is 1.00. The summed E-state index contributed by atoms with van der Waals surface area (Å²) in [7, 11) is 0. The Kier molecular flexibility index (Phi) is 4.60. The van der Waals surface area contributed by atoms with Gasteiger partial charge in [0, 0.05) is 0 Å². The van der Waals surface area contributed by atoms with Crippen LogP contribution in [0.5, 0.6) is 0 Å². The highest BCUT2D eigenvalue weighted by molar-refractivity contribution is 7.80. The van der Waals surface area contributed by atoms with Crippen LogP contribution in [0.2, 0.25) is 0 Å². The second-order valence-corrected chi connectivity index (χ2v) is 1.83. The molecule has 1 N–H and O–H groups in total. The lowest BCUT2D eigenvalue weighted by Crippen LogP contribution is -2.03. The molecule has 0 aliphatic heterocycles. The molecule has 0 heterocycles. The number of hydrogen-bond acceptors (Lipinski definition) is 2. The predicted octanol–water partition coefficient (Wildman–Crippen LogP) is 0.539. The standard InChI is InChI=1S/C4H9O2S/c1-4(7)6-3-2-5/h4-5H,2-3H2,1H3. The molecule has 0 spiro atoms. The Hall–Kier alpha value is 0.270. The SMILES string of the molecule is CC([S])OCCO. The molecule has 0 rings (SSSR count). The summed E-state index contributed by atoms with van der Waals surface area (Å²) in [6, 6.07) is 0. The molecule has 3 heteroatoms. The van der Waals surface area contributed by atoms with Crippen LogP contribution >= 0.6 is 12.6 Å². The predicted molar refractivity (Wildman–Crippen MR) is 30.1 cm³/mol. The summed E-state index contributed by atoms with van der Waals surface area (Å²) in [6.07, 6.45) is 0. The first-order chi connectivity index (χ1) is 3.27. The topological polar surface area (TPSA) is 29.5 Å². The Labute approximate surface area is 48.9 Å². The molecule has 0 bridgehead atoms. The monoisotopic (exact) mass is 121 g/mol. The van der Waals surface area contributed by atoms with Gasteiger partial charge in [-0.1, -0.05) is 12.6 Å². The molecular weight excluding hydrogens is 112 g/mol. The lowest BCUT2D eigenvalue weighted by Gasteiger charge is -2.00. The van der Waals surface area contributed by atoms with Crippen LogP contribution in [0, 0.1) is 0 Å². The van der Waals surface area contributed by atoms with Gasteiger partial charge in [0.05, 0.1) is 13.2 Å². The maximum atomic E-state index is 8.14. The van der Waals surface area contributed by atoms with Crippen molar-refractivity contribution in [2.75, 3.05) is 13.2 Å². The Balaban J connectivity index is 2.68. The Morgan fingerprint density at radius 1 is 1.86 bits per heavy atom. The maximum absolute atomic E-state index is 8.14. The third-order valence-electron chi connectivity index (χ3n) is 0.444. The summed E-state index contributed by atoms with van der Waals surface area (Å²) < 4.78 is 4.76. The van der Waals surface area contributed by atoms with Crippen molar-refractivity contribution in [3.8, 4) is 0 Å². The highest BCUT2D eigenvalue weighted by Crippen LogP contribution is 1.91. The minimum absolute atomic E-state index is 0.0565. The number of hydrogen-bond donors (Lipinski definition) is 1. The normalized spacial score (nSPS) is 14.1. The van der Waals surface area contributed by atoms with Crippen molar-refractivity contribution in [2.24, 2.45) is 0 Å². The van der Waals surface area contributed by atoms with Crippen LogP contribution in [-0.2, 0) is 4.74 Å². The molecule has 0 aliphatic rings. The van der Waals surface area contributed by atoms with Crippen LogP contribution in [-0.4, -0.2) is 23.8 Å².